The molecule has 0 spiro atoms. The van der Waals surface area contributed by atoms with E-state index in [0.717, 1.165) is 32.1 Å². The molecule has 0 saturated heterocycles. The van der Waals surface area contributed by atoms with Gasteiger partial charge in [-0.1, -0.05) is 18.9 Å². The zero-order chi connectivity index (χ0) is 13.2. The molecule has 5 nitrogen and oxygen atoms in total. The summed E-state index contributed by atoms with van der Waals surface area (Å²) in [7, 11) is 0. The van der Waals surface area contributed by atoms with E-state index in [0.29, 0.717) is 19.8 Å². The van der Waals surface area contributed by atoms with E-state index in [2.05, 4.69) is 17.2 Å². The number of ether oxygens (including phenoxy) is 1. The third-order valence-corrected chi connectivity index (χ3v) is 3.04. The zero-order valence-corrected chi connectivity index (χ0v) is 10.9. The molecule has 5 heteroatoms. The highest BCUT2D eigenvalue weighted by Crippen LogP contribution is 2.17. The minimum absolute atomic E-state index is 0.111. The molecule has 1 fully saturated rings. The van der Waals surface area contributed by atoms with Gasteiger partial charge in [-0.15, -0.1) is 6.58 Å². The molecule has 1 aliphatic rings. The molecular weight excluding hydrogens is 232 g/mol. The van der Waals surface area contributed by atoms with Crippen LogP contribution in [0.1, 0.15) is 32.1 Å². The third-order valence-electron chi connectivity index (χ3n) is 3.04. The van der Waals surface area contributed by atoms with Crippen molar-refractivity contribution in [3.05, 3.63) is 12.7 Å². The highest BCUT2D eigenvalue weighted by molar-refractivity contribution is 5.74. The van der Waals surface area contributed by atoms with Gasteiger partial charge in [-0.2, -0.15) is 0 Å². The fourth-order valence-corrected chi connectivity index (χ4v) is 2.00. The Balaban J connectivity index is 2.04. The average Bonchev–Trinajstić information content (AvgIpc) is 2.36. The van der Waals surface area contributed by atoms with Crippen LogP contribution < -0.4 is 10.6 Å². The van der Waals surface area contributed by atoms with Gasteiger partial charge >= 0.3 is 6.03 Å². The van der Waals surface area contributed by atoms with E-state index in [1.165, 1.54) is 0 Å². The van der Waals surface area contributed by atoms with E-state index in [4.69, 9.17) is 4.74 Å². The van der Waals surface area contributed by atoms with Crippen LogP contribution in [0.15, 0.2) is 12.7 Å². The average molecular weight is 256 g/mol. The second kappa shape index (κ2) is 8.94. The lowest BCUT2D eigenvalue weighted by molar-refractivity contribution is 0.0937. The fraction of sp³-hybridized carbons (Fsp3) is 0.769. The standard InChI is InChI=1S/C13H24N2O3/c1-2-3-9-18-10-8-14-13(17)15-11-6-4-5-7-12(11)16/h2,11-12,16H,1,3-10H2,(H2,14,15,17). The minimum atomic E-state index is -0.409. The summed E-state index contributed by atoms with van der Waals surface area (Å²) in [4.78, 5) is 11.5. The molecule has 1 rings (SSSR count). The number of carbonyl (C=O) groups excluding carboxylic acids is 1. The number of hydrogen-bond donors (Lipinski definition) is 3. The Kier molecular flexibility index (Phi) is 7.44. The van der Waals surface area contributed by atoms with Gasteiger partial charge in [-0.3, -0.25) is 0 Å². The second-order valence-corrected chi connectivity index (χ2v) is 4.55. The van der Waals surface area contributed by atoms with Gasteiger partial charge in [0.25, 0.3) is 0 Å². The maximum Gasteiger partial charge on any atom is 0.315 e. The number of hydrogen-bond acceptors (Lipinski definition) is 3. The molecule has 104 valence electrons. The molecule has 2 amide bonds. The monoisotopic (exact) mass is 256 g/mol. The van der Waals surface area contributed by atoms with Crippen LogP contribution >= 0.6 is 0 Å². The number of urea groups is 1. The Bertz CT molecular complexity index is 259. The van der Waals surface area contributed by atoms with Crippen LogP contribution in [0.5, 0.6) is 0 Å². The van der Waals surface area contributed by atoms with Gasteiger partial charge in [0.2, 0.25) is 0 Å². The van der Waals surface area contributed by atoms with Crippen molar-refractivity contribution in [1.29, 1.82) is 0 Å². The van der Waals surface area contributed by atoms with Gasteiger partial charge in [-0.25, -0.2) is 4.79 Å². The van der Waals surface area contributed by atoms with E-state index >= 15 is 0 Å². The van der Waals surface area contributed by atoms with Gasteiger partial charge in [0.15, 0.2) is 0 Å². The van der Waals surface area contributed by atoms with Crippen LogP contribution in [0.3, 0.4) is 0 Å². The summed E-state index contributed by atoms with van der Waals surface area (Å²) in [5.74, 6) is 0. The van der Waals surface area contributed by atoms with Crippen LogP contribution in [0.25, 0.3) is 0 Å². The second-order valence-electron chi connectivity index (χ2n) is 4.55. The molecule has 1 aliphatic carbocycles. The third kappa shape index (κ3) is 6.02. The van der Waals surface area contributed by atoms with Gasteiger partial charge in [0.05, 0.1) is 25.4 Å². The number of amides is 2. The zero-order valence-electron chi connectivity index (χ0n) is 10.9. The van der Waals surface area contributed by atoms with Crippen molar-refractivity contribution in [3.8, 4) is 0 Å². The van der Waals surface area contributed by atoms with Gasteiger partial charge in [0.1, 0.15) is 0 Å². The normalized spacial score (nSPS) is 23.4. The Hall–Kier alpha value is -1.07. The predicted octanol–water partition coefficient (Wildman–Crippen LogP) is 1.18. The number of aliphatic hydroxyl groups is 1. The summed E-state index contributed by atoms with van der Waals surface area (Å²) in [6, 6.07) is -0.339. The quantitative estimate of drug-likeness (QED) is 0.473. The highest BCUT2D eigenvalue weighted by atomic mass is 16.5. The summed E-state index contributed by atoms with van der Waals surface area (Å²) in [5.41, 5.74) is 0. The van der Waals surface area contributed by atoms with Crippen LogP contribution in [0.4, 0.5) is 4.79 Å². The Morgan fingerprint density at radius 2 is 2.17 bits per heavy atom. The summed E-state index contributed by atoms with van der Waals surface area (Å²) >= 11 is 0. The summed E-state index contributed by atoms with van der Waals surface area (Å²) in [6.45, 7) is 5.20. The van der Waals surface area contributed by atoms with E-state index in [1.54, 1.807) is 6.08 Å². The summed E-state index contributed by atoms with van der Waals surface area (Å²) in [6.07, 6.45) is 5.93. The van der Waals surface area contributed by atoms with Crippen molar-refractivity contribution in [2.75, 3.05) is 19.8 Å². The molecule has 0 bridgehead atoms. The molecule has 3 N–H and O–H groups in total. The van der Waals surface area contributed by atoms with Crippen molar-refractivity contribution < 1.29 is 14.6 Å². The molecule has 18 heavy (non-hydrogen) atoms. The Morgan fingerprint density at radius 3 is 2.89 bits per heavy atom. The van der Waals surface area contributed by atoms with Crippen LogP contribution in [-0.4, -0.2) is 43.0 Å². The first-order valence-corrected chi connectivity index (χ1v) is 6.65. The SMILES string of the molecule is C=CCCOCCNC(=O)NC1CCCCC1O. The molecule has 2 atom stereocenters. The van der Waals surface area contributed by atoms with Crippen molar-refractivity contribution in [2.45, 2.75) is 44.2 Å². The number of aliphatic hydroxyl groups excluding tert-OH is 1. The predicted molar refractivity (Wildman–Crippen MR) is 70.4 cm³/mol. The van der Waals surface area contributed by atoms with Crippen molar-refractivity contribution in [2.24, 2.45) is 0 Å². The Morgan fingerprint density at radius 1 is 1.39 bits per heavy atom. The van der Waals surface area contributed by atoms with Gasteiger partial charge in [-0.05, 0) is 19.3 Å². The van der Waals surface area contributed by atoms with Crippen LogP contribution in [0, 0.1) is 0 Å². The van der Waals surface area contributed by atoms with Crippen molar-refractivity contribution in [3.63, 3.8) is 0 Å². The molecular formula is C13H24N2O3. The minimum Gasteiger partial charge on any atom is -0.391 e. The first-order valence-electron chi connectivity index (χ1n) is 6.65. The molecule has 1 saturated carbocycles. The smallest absolute Gasteiger partial charge is 0.315 e. The first-order chi connectivity index (χ1) is 8.74. The fourth-order valence-electron chi connectivity index (χ4n) is 2.00. The van der Waals surface area contributed by atoms with Crippen molar-refractivity contribution >= 4 is 6.03 Å². The molecule has 2 unspecified atom stereocenters. The maximum atomic E-state index is 11.5. The van der Waals surface area contributed by atoms with Crippen molar-refractivity contribution in [1.82, 2.24) is 10.6 Å². The molecule has 0 aromatic heterocycles. The first kappa shape index (κ1) is 15.0. The topological polar surface area (TPSA) is 70.6 Å². The van der Waals surface area contributed by atoms with Gasteiger partial charge < -0.3 is 20.5 Å². The summed E-state index contributed by atoms with van der Waals surface area (Å²) in [5, 5.41) is 15.2. The highest BCUT2D eigenvalue weighted by Gasteiger charge is 2.24. The maximum absolute atomic E-state index is 11.5. The van der Waals surface area contributed by atoms with Crippen LogP contribution in [-0.2, 0) is 4.74 Å². The van der Waals surface area contributed by atoms with E-state index in [1.807, 2.05) is 0 Å². The number of carbonyl (C=O) groups is 1. The lowest BCUT2D eigenvalue weighted by Crippen LogP contribution is -2.49. The number of nitrogens with one attached hydrogen (secondary N) is 2. The lowest BCUT2D eigenvalue weighted by Gasteiger charge is -2.28. The molecule has 0 aromatic carbocycles. The molecule has 0 radical (unpaired) electrons. The number of rotatable bonds is 7. The largest absolute Gasteiger partial charge is 0.391 e. The van der Waals surface area contributed by atoms with E-state index < -0.39 is 6.10 Å². The molecule has 0 heterocycles. The van der Waals surface area contributed by atoms with E-state index in [9.17, 15) is 9.90 Å². The van der Waals surface area contributed by atoms with E-state index in [-0.39, 0.29) is 12.1 Å². The Labute approximate surface area is 109 Å². The molecule has 0 aliphatic heterocycles. The lowest BCUT2D eigenvalue weighted by atomic mass is 9.93. The van der Waals surface area contributed by atoms with Crippen LogP contribution in [0.2, 0.25) is 0 Å². The summed E-state index contributed by atoms with van der Waals surface area (Å²) < 4.78 is 5.27. The molecule has 0 aromatic rings. The van der Waals surface area contributed by atoms with Gasteiger partial charge in [0, 0.05) is 6.54 Å².